The summed E-state index contributed by atoms with van der Waals surface area (Å²) < 4.78 is 0. The van der Waals surface area contributed by atoms with E-state index in [0.29, 0.717) is 13.0 Å². The number of anilines is 1. The number of carboxylic acids is 1. The molecule has 0 saturated heterocycles. The maximum atomic E-state index is 10.8. The van der Waals surface area contributed by atoms with Gasteiger partial charge in [0.15, 0.2) is 0 Å². The van der Waals surface area contributed by atoms with Crippen LogP contribution < -0.4 is 5.32 Å². The van der Waals surface area contributed by atoms with Gasteiger partial charge < -0.3 is 10.4 Å². The lowest BCUT2D eigenvalue weighted by molar-refractivity contribution is -0.385. The van der Waals surface area contributed by atoms with Crippen molar-refractivity contribution in [2.24, 2.45) is 0 Å². The van der Waals surface area contributed by atoms with Crippen LogP contribution in [0, 0.1) is 10.1 Å². The lowest BCUT2D eigenvalue weighted by atomic mass is 10.2. The van der Waals surface area contributed by atoms with Gasteiger partial charge in [0.2, 0.25) is 0 Å². The topological polar surface area (TPSA) is 105 Å². The minimum atomic E-state index is -1.36. The number of hydrogen-bond donors (Lipinski definition) is 2. The molecule has 0 aliphatic rings. The number of nitrogens with zero attached hydrogens (tertiary/aromatic N) is 2. The monoisotopic (exact) mass is 237 g/mol. The zero-order chi connectivity index (χ0) is 12.8. The Hall–Kier alpha value is -2.44. The number of rotatable bonds is 6. The number of nitro groups is 1. The highest BCUT2D eigenvalue weighted by Crippen LogP contribution is 2.20. The van der Waals surface area contributed by atoms with Gasteiger partial charge in [0, 0.05) is 12.6 Å². The Morgan fingerprint density at radius 2 is 2.41 bits per heavy atom. The number of aromatic nitrogens is 1. The summed E-state index contributed by atoms with van der Waals surface area (Å²) in [5, 5.41) is 22.2. The van der Waals surface area contributed by atoms with Gasteiger partial charge in [0.05, 0.1) is 4.92 Å². The molecule has 0 aliphatic carbocycles. The van der Waals surface area contributed by atoms with Crippen LogP contribution in [0.5, 0.6) is 0 Å². The van der Waals surface area contributed by atoms with E-state index >= 15 is 0 Å². The highest BCUT2D eigenvalue weighted by molar-refractivity contribution is 5.93. The summed E-state index contributed by atoms with van der Waals surface area (Å²) in [6, 6.07) is 1.14. The van der Waals surface area contributed by atoms with Gasteiger partial charge in [-0.3, -0.25) is 10.1 Å². The third-order valence-electron chi connectivity index (χ3n) is 1.96. The number of carbonyl (C=O) groups is 1. The predicted octanol–water partition coefficient (Wildman–Crippen LogP) is 1.68. The number of nitrogens with one attached hydrogen (secondary N) is 1. The molecule has 7 heteroatoms. The number of pyridine rings is 1. The van der Waals surface area contributed by atoms with Gasteiger partial charge in [-0.05, 0) is 6.42 Å². The lowest BCUT2D eigenvalue weighted by Crippen LogP contribution is -2.07. The van der Waals surface area contributed by atoms with Gasteiger partial charge in [0.1, 0.15) is 17.6 Å². The van der Waals surface area contributed by atoms with E-state index < -0.39 is 16.6 Å². The second-order valence-corrected chi connectivity index (χ2v) is 3.15. The van der Waals surface area contributed by atoms with E-state index in [9.17, 15) is 14.9 Å². The molecule has 0 fully saturated rings. The third kappa shape index (κ3) is 3.26. The molecule has 1 aromatic heterocycles. The molecular weight excluding hydrogens is 226 g/mol. The summed E-state index contributed by atoms with van der Waals surface area (Å²) in [7, 11) is 0. The molecule has 0 amide bonds. The van der Waals surface area contributed by atoms with Crippen molar-refractivity contribution in [3.63, 3.8) is 0 Å². The van der Waals surface area contributed by atoms with Crippen LogP contribution >= 0.6 is 0 Å². The number of hydrogen-bond acceptors (Lipinski definition) is 5. The van der Waals surface area contributed by atoms with Crippen molar-refractivity contribution in [3.05, 3.63) is 40.6 Å². The SMILES string of the molecule is C=CCCNc1cc(C(=O)O)c([N+](=O)[O-])cn1. The summed E-state index contributed by atoms with van der Waals surface area (Å²) in [6.07, 6.45) is 3.30. The standard InChI is InChI=1S/C10H11N3O4/c1-2-3-4-11-9-5-7(10(14)15)8(6-12-9)13(16)17/h2,5-6H,1,3-4H2,(H,11,12)(H,14,15). The van der Waals surface area contributed by atoms with E-state index in [1.54, 1.807) is 6.08 Å². The molecule has 0 spiro atoms. The molecule has 0 radical (unpaired) electrons. The van der Waals surface area contributed by atoms with E-state index in [-0.39, 0.29) is 11.4 Å². The Morgan fingerprint density at radius 3 is 2.94 bits per heavy atom. The molecule has 17 heavy (non-hydrogen) atoms. The second-order valence-electron chi connectivity index (χ2n) is 3.15. The van der Waals surface area contributed by atoms with Gasteiger partial charge in [-0.15, -0.1) is 6.58 Å². The maximum Gasteiger partial charge on any atom is 0.342 e. The van der Waals surface area contributed by atoms with Crippen molar-refractivity contribution < 1.29 is 14.8 Å². The van der Waals surface area contributed by atoms with Crippen LogP contribution in [0.25, 0.3) is 0 Å². The molecule has 1 heterocycles. The first kappa shape index (κ1) is 12.6. The molecule has 90 valence electrons. The summed E-state index contributed by atoms with van der Waals surface area (Å²) in [5.41, 5.74) is -0.905. The number of aromatic carboxylic acids is 1. The second kappa shape index (κ2) is 5.59. The van der Waals surface area contributed by atoms with Crippen molar-refractivity contribution in [2.75, 3.05) is 11.9 Å². The highest BCUT2D eigenvalue weighted by Gasteiger charge is 2.20. The highest BCUT2D eigenvalue weighted by atomic mass is 16.6. The average molecular weight is 237 g/mol. The molecule has 7 nitrogen and oxygen atoms in total. The molecular formula is C10H11N3O4. The van der Waals surface area contributed by atoms with Crippen LogP contribution in [0.4, 0.5) is 11.5 Å². The van der Waals surface area contributed by atoms with Crippen molar-refractivity contribution >= 4 is 17.5 Å². The van der Waals surface area contributed by atoms with E-state index in [1.807, 2.05) is 0 Å². The van der Waals surface area contributed by atoms with Gasteiger partial charge in [-0.2, -0.15) is 0 Å². The zero-order valence-electron chi connectivity index (χ0n) is 8.92. The van der Waals surface area contributed by atoms with E-state index in [1.165, 1.54) is 0 Å². The molecule has 0 aromatic carbocycles. The van der Waals surface area contributed by atoms with Crippen LogP contribution in [0.1, 0.15) is 16.8 Å². The quantitative estimate of drug-likeness (QED) is 0.337. The summed E-state index contributed by atoms with van der Waals surface area (Å²) >= 11 is 0. The van der Waals surface area contributed by atoms with E-state index in [4.69, 9.17) is 5.11 Å². The Bertz CT molecular complexity index is 459. The smallest absolute Gasteiger partial charge is 0.342 e. The third-order valence-corrected chi connectivity index (χ3v) is 1.96. The molecule has 0 bridgehead atoms. The summed E-state index contributed by atoms with van der Waals surface area (Å²) in [5.74, 6) is -1.07. The zero-order valence-corrected chi connectivity index (χ0v) is 8.92. The van der Waals surface area contributed by atoms with Gasteiger partial charge in [0.25, 0.3) is 0 Å². The average Bonchev–Trinajstić information content (AvgIpc) is 2.29. The van der Waals surface area contributed by atoms with Crippen molar-refractivity contribution in [3.8, 4) is 0 Å². The fraction of sp³-hybridized carbons (Fsp3) is 0.200. The van der Waals surface area contributed by atoms with Crippen LogP contribution in [-0.2, 0) is 0 Å². The minimum absolute atomic E-state index is 0.287. The molecule has 0 atom stereocenters. The molecule has 2 N–H and O–H groups in total. The molecule has 1 aromatic rings. The lowest BCUT2D eigenvalue weighted by Gasteiger charge is -2.04. The van der Waals surface area contributed by atoms with E-state index in [0.717, 1.165) is 12.3 Å². The number of carboxylic acid groups (broad SMARTS) is 1. The van der Waals surface area contributed by atoms with Gasteiger partial charge in [-0.25, -0.2) is 9.78 Å². The first-order chi connectivity index (χ1) is 8.06. The van der Waals surface area contributed by atoms with Crippen LogP contribution in [0.3, 0.4) is 0 Å². The Morgan fingerprint density at radius 1 is 1.71 bits per heavy atom. The minimum Gasteiger partial charge on any atom is -0.477 e. The summed E-state index contributed by atoms with van der Waals surface area (Å²) in [4.78, 5) is 24.4. The molecule has 1 rings (SSSR count). The molecule has 0 unspecified atom stereocenters. The Kier molecular flexibility index (Phi) is 4.15. The first-order valence-corrected chi connectivity index (χ1v) is 4.78. The van der Waals surface area contributed by atoms with Crippen LogP contribution in [0.15, 0.2) is 24.9 Å². The van der Waals surface area contributed by atoms with Crippen molar-refractivity contribution in [1.82, 2.24) is 4.98 Å². The predicted molar refractivity (Wildman–Crippen MR) is 61.2 cm³/mol. The fourth-order valence-corrected chi connectivity index (χ4v) is 1.16. The van der Waals surface area contributed by atoms with Gasteiger partial charge >= 0.3 is 11.7 Å². The van der Waals surface area contributed by atoms with Crippen molar-refractivity contribution in [1.29, 1.82) is 0 Å². The molecule has 0 aliphatic heterocycles. The summed E-state index contributed by atoms with van der Waals surface area (Å²) in [6.45, 7) is 4.07. The first-order valence-electron chi connectivity index (χ1n) is 4.78. The van der Waals surface area contributed by atoms with E-state index in [2.05, 4.69) is 16.9 Å². The fourth-order valence-electron chi connectivity index (χ4n) is 1.16. The van der Waals surface area contributed by atoms with Crippen LogP contribution in [0.2, 0.25) is 0 Å². The Labute approximate surface area is 96.9 Å². The van der Waals surface area contributed by atoms with Gasteiger partial charge in [-0.1, -0.05) is 6.08 Å². The maximum absolute atomic E-state index is 10.8. The molecule has 0 saturated carbocycles. The normalized spacial score (nSPS) is 9.65. The van der Waals surface area contributed by atoms with Crippen molar-refractivity contribution in [2.45, 2.75) is 6.42 Å². The van der Waals surface area contributed by atoms with Crippen LogP contribution in [-0.4, -0.2) is 27.5 Å². The largest absolute Gasteiger partial charge is 0.477 e. The Balaban J connectivity index is 2.97.